The number of hydrogen-bond donors (Lipinski definition) is 0. The van der Waals surface area contributed by atoms with Crippen molar-refractivity contribution in [3.8, 4) is 56.0 Å². The molecule has 13 rings (SSSR count). The summed E-state index contributed by atoms with van der Waals surface area (Å²) in [6, 6.07) is 75.9. The molecule has 0 aliphatic rings. The van der Waals surface area contributed by atoms with Gasteiger partial charge in [0.15, 0.2) is 5.58 Å². The Bertz CT molecular complexity index is 3880. The molecule has 4 heterocycles. The number of hydrogen-bond acceptors (Lipinski definition) is 3. The van der Waals surface area contributed by atoms with E-state index in [2.05, 4.69) is 215 Å². The molecule has 0 saturated heterocycles. The molecule has 63 heavy (non-hydrogen) atoms. The number of benzene rings is 9. The van der Waals surface area contributed by atoms with E-state index in [0.717, 1.165) is 61.3 Å². The fraction of sp³-hybridized carbons (Fsp3) is 0. The maximum Gasteiger partial charge on any atom is 0.180 e. The summed E-state index contributed by atoms with van der Waals surface area (Å²) in [5, 5.41) is 5.89. The molecule has 0 spiro atoms. The third kappa shape index (κ3) is 5.64. The van der Waals surface area contributed by atoms with E-state index in [-0.39, 0.29) is 0 Å². The fourth-order valence-corrected chi connectivity index (χ4v) is 9.65. The van der Waals surface area contributed by atoms with Gasteiger partial charge in [-0.3, -0.25) is 0 Å². The van der Waals surface area contributed by atoms with Crippen molar-refractivity contribution in [2.24, 2.45) is 0 Å². The first kappa shape index (κ1) is 35.2. The van der Waals surface area contributed by atoms with Crippen molar-refractivity contribution < 1.29 is 4.42 Å². The van der Waals surface area contributed by atoms with Gasteiger partial charge in [-0.15, -0.1) is 0 Å². The molecule has 9 aromatic carbocycles. The van der Waals surface area contributed by atoms with E-state index in [9.17, 15) is 0 Å². The summed E-state index contributed by atoms with van der Waals surface area (Å²) in [6.45, 7) is 0. The predicted molar refractivity (Wildman–Crippen MR) is 260 cm³/mol. The SMILES string of the molecule is c1ccc(-c2ccc(-c3ccc4c(c3)oc3c(-c5ccc(-n6c7ccccc7c7cc(-c8ccc9c(c8)c8ccccc8n9-c8ccccc8)ccc76)cc5)ncnc34)cc2)cc1. The van der Waals surface area contributed by atoms with E-state index in [0.29, 0.717) is 5.58 Å². The average molecular weight is 805 g/mol. The predicted octanol–water partition coefficient (Wildman–Crippen LogP) is 15.2. The molecule has 0 fully saturated rings. The zero-order valence-corrected chi connectivity index (χ0v) is 34.0. The topological polar surface area (TPSA) is 48.8 Å². The first-order chi connectivity index (χ1) is 31.2. The lowest BCUT2D eigenvalue weighted by molar-refractivity contribution is 0.667. The van der Waals surface area contributed by atoms with Gasteiger partial charge in [-0.25, -0.2) is 9.97 Å². The van der Waals surface area contributed by atoms with E-state index in [4.69, 9.17) is 14.4 Å². The maximum absolute atomic E-state index is 6.59. The van der Waals surface area contributed by atoms with Gasteiger partial charge in [-0.05, 0) is 106 Å². The lowest BCUT2D eigenvalue weighted by atomic mass is 10.00. The number of fused-ring (bicyclic) bond motifs is 9. The minimum atomic E-state index is 0.684. The summed E-state index contributed by atoms with van der Waals surface area (Å²) < 4.78 is 11.3. The molecular weight excluding hydrogens is 769 g/mol. The second kappa shape index (κ2) is 14.0. The van der Waals surface area contributed by atoms with Gasteiger partial charge in [0, 0.05) is 43.9 Å². The zero-order chi connectivity index (χ0) is 41.4. The summed E-state index contributed by atoms with van der Waals surface area (Å²) in [5.74, 6) is 0. The molecule has 0 radical (unpaired) electrons. The van der Waals surface area contributed by atoms with Gasteiger partial charge >= 0.3 is 0 Å². The Hall–Kier alpha value is -8.54. The highest BCUT2D eigenvalue weighted by Crippen LogP contribution is 2.40. The molecule has 0 unspecified atom stereocenters. The van der Waals surface area contributed by atoms with E-state index in [1.54, 1.807) is 6.33 Å². The van der Waals surface area contributed by atoms with Crippen molar-refractivity contribution >= 4 is 65.7 Å². The van der Waals surface area contributed by atoms with Gasteiger partial charge in [-0.2, -0.15) is 0 Å². The smallest absolute Gasteiger partial charge is 0.180 e. The number of aromatic nitrogens is 4. The highest BCUT2D eigenvalue weighted by atomic mass is 16.3. The Kier molecular flexibility index (Phi) is 7.84. The highest BCUT2D eigenvalue weighted by Gasteiger charge is 2.19. The van der Waals surface area contributed by atoms with Gasteiger partial charge in [0.1, 0.15) is 23.1 Å². The molecule has 0 bridgehead atoms. The fourth-order valence-electron chi connectivity index (χ4n) is 9.65. The third-order valence-corrected chi connectivity index (χ3v) is 12.7. The first-order valence-corrected chi connectivity index (χ1v) is 21.3. The number of nitrogens with zero attached hydrogens (tertiary/aromatic N) is 4. The molecule has 0 aliphatic carbocycles. The second-order valence-electron chi connectivity index (χ2n) is 16.2. The quantitative estimate of drug-likeness (QED) is 0.168. The Morgan fingerprint density at radius 3 is 1.41 bits per heavy atom. The molecule has 13 aromatic rings. The van der Waals surface area contributed by atoms with Crippen LogP contribution in [0.15, 0.2) is 223 Å². The monoisotopic (exact) mass is 804 g/mol. The van der Waals surface area contributed by atoms with E-state index < -0.39 is 0 Å². The first-order valence-electron chi connectivity index (χ1n) is 21.3. The van der Waals surface area contributed by atoms with Crippen molar-refractivity contribution in [2.75, 3.05) is 0 Å². The zero-order valence-electron chi connectivity index (χ0n) is 34.0. The molecule has 294 valence electrons. The lowest BCUT2D eigenvalue weighted by Crippen LogP contribution is -1.94. The van der Waals surface area contributed by atoms with Crippen LogP contribution in [0.2, 0.25) is 0 Å². The second-order valence-corrected chi connectivity index (χ2v) is 16.2. The number of para-hydroxylation sites is 3. The van der Waals surface area contributed by atoms with Crippen LogP contribution in [-0.4, -0.2) is 19.1 Å². The molecule has 5 nitrogen and oxygen atoms in total. The van der Waals surface area contributed by atoms with Gasteiger partial charge in [-0.1, -0.05) is 140 Å². The van der Waals surface area contributed by atoms with Crippen LogP contribution in [-0.2, 0) is 0 Å². The molecular formula is C58H36N4O. The van der Waals surface area contributed by atoms with Crippen molar-refractivity contribution in [2.45, 2.75) is 0 Å². The Morgan fingerprint density at radius 2 is 0.778 bits per heavy atom. The largest absolute Gasteiger partial charge is 0.452 e. The normalized spacial score (nSPS) is 11.8. The summed E-state index contributed by atoms with van der Waals surface area (Å²) in [6.07, 6.45) is 1.64. The van der Waals surface area contributed by atoms with Crippen molar-refractivity contribution in [3.63, 3.8) is 0 Å². The number of rotatable bonds is 6. The van der Waals surface area contributed by atoms with Crippen molar-refractivity contribution in [1.82, 2.24) is 19.1 Å². The molecule has 0 amide bonds. The number of furan rings is 1. The molecule has 4 aromatic heterocycles. The lowest BCUT2D eigenvalue weighted by Gasteiger charge is -2.10. The van der Waals surface area contributed by atoms with Crippen LogP contribution in [0.5, 0.6) is 0 Å². The molecule has 0 N–H and O–H groups in total. The van der Waals surface area contributed by atoms with Crippen LogP contribution in [0, 0.1) is 0 Å². The van der Waals surface area contributed by atoms with E-state index in [1.165, 1.54) is 54.8 Å². The third-order valence-electron chi connectivity index (χ3n) is 12.7. The van der Waals surface area contributed by atoms with Gasteiger partial charge in [0.2, 0.25) is 0 Å². The van der Waals surface area contributed by atoms with Crippen molar-refractivity contribution in [3.05, 3.63) is 219 Å². The molecule has 0 aliphatic heterocycles. The minimum absolute atomic E-state index is 0.684. The Balaban J connectivity index is 0.858. The highest BCUT2D eigenvalue weighted by molar-refractivity contribution is 6.13. The molecule has 5 heteroatoms. The van der Waals surface area contributed by atoms with E-state index in [1.807, 2.05) is 6.07 Å². The Labute approximate surface area is 362 Å². The van der Waals surface area contributed by atoms with Crippen LogP contribution in [0.25, 0.3) is 122 Å². The van der Waals surface area contributed by atoms with E-state index >= 15 is 0 Å². The van der Waals surface area contributed by atoms with Crippen LogP contribution in [0.1, 0.15) is 0 Å². The Morgan fingerprint density at radius 1 is 0.317 bits per heavy atom. The van der Waals surface area contributed by atoms with Crippen LogP contribution in [0.3, 0.4) is 0 Å². The van der Waals surface area contributed by atoms with Crippen LogP contribution < -0.4 is 0 Å². The van der Waals surface area contributed by atoms with Crippen molar-refractivity contribution in [1.29, 1.82) is 0 Å². The van der Waals surface area contributed by atoms with Crippen LogP contribution in [0.4, 0.5) is 0 Å². The standard InChI is InChI=1S/C58H36N4O/c1-3-11-37(12-4-1)38-19-21-39(22-20-38)43-25-30-48-55(35-43)63-58-56(59-36-60-57(48)58)40-23-28-45(29-24-40)62-52-18-10-8-16-47(52)50-34-42(27-32-54(50)62)41-26-31-53-49(33-41)46-15-7-9-17-51(46)61(53)44-13-5-2-6-14-44/h1-36H. The van der Waals surface area contributed by atoms with Gasteiger partial charge in [0.05, 0.1) is 22.1 Å². The van der Waals surface area contributed by atoms with Gasteiger partial charge in [0.25, 0.3) is 0 Å². The summed E-state index contributed by atoms with van der Waals surface area (Å²) in [7, 11) is 0. The maximum atomic E-state index is 6.59. The molecule has 0 saturated carbocycles. The minimum Gasteiger partial charge on any atom is -0.452 e. The summed E-state index contributed by atoms with van der Waals surface area (Å²) in [5.41, 5.74) is 18.0. The van der Waals surface area contributed by atoms with Gasteiger partial charge < -0.3 is 13.6 Å². The van der Waals surface area contributed by atoms with Crippen LogP contribution >= 0.6 is 0 Å². The summed E-state index contributed by atoms with van der Waals surface area (Å²) >= 11 is 0. The average Bonchev–Trinajstić information content (AvgIpc) is 4.02. The molecule has 0 atom stereocenters. The summed E-state index contributed by atoms with van der Waals surface area (Å²) in [4.78, 5) is 9.45.